The van der Waals surface area contributed by atoms with Gasteiger partial charge in [0.2, 0.25) is 0 Å². The molecule has 0 fully saturated rings. The molecule has 0 aliphatic carbocycles. The lowest BCUT2D eigenvalue weighted by molar-refractivity contribution is -0.240. The van der Waals surface area contributed by atoms with Crippen molar-refractivity contribution < 1.29 is 27.4 Å². The average Bonchev–Trinajstić information content (AvgIpc) is 3.13. The minimum absolute atomic E-state index is 0.0396. The van der Waals surface area contributed by atoms with Gasteiger partial charge in [-0.05, 0) is 49.1 Å². The lowest BCUT2D eigenvalue weighted by Crippen LogP contribution is -2.44. The molecule has 0 radical (unpaired) electrons. The quantitative estimate of drug-likeness (QED) is 0.309. The van der Waals surface area contributed by atoms with E-state index in [9.17, 15) is 18.0 Å². The van der Waals surface area contributed by atoms with Gasteiger partial charge >= 0.3 is 12.1 Å². The van der Waals surface area contributed by atoms with Gasteiger partial charge in [-0.25, -0.2) is 4.79 Å². The van der Waals surface area contributed by atoms with Crippen LogP contribution in [0.4, 0.5) is 13.2 Å². The number of alkyl halides is 3. The van der Waals surface area contributed by atoms with Crippen LogP contribution in [0, 0.1) is 5.41 Å². The van der Waals surface area contributed by atoms with Crippen LogP contribution in [0.25, 0.3) is 20.5 Å². The highest BCUT2D eigenvalue weighted by atomic mass is 32.1. The van der Waals surface area contributed by atoms with E-state index in [1.54, 1.807) is 12.1 Å². The largest absolute Gasteiger partial charge is 0.492 e. The van der Waals surface area contributed by atoms with Gasteiger partial charge in [0.1, 0.15) is 24.4 Å². The number of ether oxygens (including phenoxy) is 2. The lowest BCUT2D eigenvalue weighted by atomic mass is 9.92. The van der Waals surface area contributed by atoms with Crippen molar-refractivity contribution in [1.29, 1.82) is 0 Å². The molecule has 3 nitrogen and oxygen atoms in total. The molecule has 158 valence electrons. The zero-order chi connectivity index (χ0) is 21.9. The first-order valence-electron chi connectivity index (χ1n) is 9.20. The molecule has 3 aromatic rings. The van der Waals surface area contributed by atoms with E-state index in [0.29, 0.717) is 5.75 Å². The number of esters is 1. The fourth-order valence-electron chi connectivity index (χ4n) is 2.64. The van der Waals surface area contributed by atoms with Gasteiger partial charge in [0.25, 0.3) is 0 Å². The molecule has 3 rings (SSSR count). The predicted octanol–water partition coefficient (Wildman–Crippen LogP) is 6.64. The second kappa shape index (κ2) is 8.52. The number of hydrogen-bond acceptors (Lipinski definition) is 4. The number of carbonyl (C=O) groups excluding carboxylic acids is 1. The predicted molar refractivity (Wildman–Crippen MR) is 113 cm³/mol. The number of hydrogen-bond donors (Lipinski definition) is 0. The highest BCUT2D eigenvalue weighted by molar-refractivity contribution is 7.22. The third-order valence-electron chi connectivity index (χ3n) is 4.66. The van der Waals surface area contributed by atoms with Gasteiger partial charge in [0, 0.05) is 15.2 Å². The van der Waals surface area contributed by atoms with Crippen molar-refractivity contribution in [2.24, 2.45) is 5.41 Å². The minimum atomic E-state index is -4.62. The third-order valence-corrected chi connectivity index (χ3v) is 5.81. The number of carbonyl (C=O) groups is 1. The van der Waals surface area contributed by atoms with Gasteiger partial charge in [-0.15, -0.1) is 11.3 Å². The maximum atomic E-state index is 13.6. The molecular formula is C23H21F3O3S. The number of rotatable bonds is 7. The van der Waals surface area contributed by atoms with E-state index in [1.165, 1.54) is 18.3 Å². The fourth-order valence-corrected chi connectivity index (χ4v) is 3.74. The van der Waals surface area contributed by atoms with Crippen molar-refractivity contribution in [3.63, 3.8) is 0 Å². The van der Waals surface area contributed by atoms with E-state index in [-0.39, 0.29) is 5.57 Å². The van der Waals surface area contributed by atoms with Gasteiger partial charge in [-0.3, -0.25) is 0 Å². The van der Waals surface area contributed by atoms with Gasteiger partial charge in [0.15, 0.2) is 0 Å². The molecule has 0 N–H and O–H groups in total. The second-order valence-corrected chi connectivity index (χ2v) is 8.46. The zero-order valence-corrected chi connectivity index (χ0v) is 17.4. The van der Waals surface area contributed by atoms with E-state index >= 15 is 0 Å². The molecule has 0 saturated carbocycles. The second-order valence-electron chi connectivity index (χ2n) is 7.38. The number of thiophene rings is 1. The topological polar surface area (TPSA) is 35.5 Å². The van der Waals surface area contributed by atoms with Crippen molar-refractivity contribution in [2.45, 2.75) is 20.0 Å². The summed E-state index contributed by atoms with van der Waals surface area (Å²) in [5, 5.41) is 0.986. The molecule has 2 aromatic carbocycles. The van der Waals surface area contributed by atoms with Crippen LogP contribution in [-0.2, 0) is 9.53 Å². The summed E-state index contributed by atoms with van der Waals surface area (Å²) in [7, 11) is 0. The molecule has 1 heterocycles. The SMILES string of the molecule is C=C(C)C(=O)OCC(C)(COc1ccc2cc(-c3ccccc3)sc2c1)C(F)(F)F. The van der Waals surface area contributed by atoms with Crippen LogP contribution in [0.1, 0.15) is 13.8 Å². The molecule has 0 spiro atoms. The standard InChI is InChI=1S/C23H21F3O3S/c1-15(2)21(27)29-14-22(3,23(24,25)26)13-28-18-10-9-17-11-19(30-20(17)12-18)16-7-5-4-6-8-16/h4-12H,1,13-14H2,2-3H3. The molecule has 0 aliphatic rings. The normalized spacial score (nSPS) is 13.6. The highest BCUT2D eigenvalue weighted by Gasteiger charge is 2.53. The summed E-state index contributed by atoms with van der Waals surface area (Å²) in [4.78, 5) is 12.6. The Morgan fingerprint density at radius 2 is 1.77 bits per heavy atom. The first kappa shape index (κ1) is 21.9. The highest BCUT2D eigenvalue weighted by Crippen LogP contribution is 2.40. The number of benzene rings is 2. The molecule has 1 unspecified atom stereocenters. The van der Waals surface area contributed by atoms with Crippen molar-refractivity contribution >= 4 is 27.4 Å². The van der Waals surface area contributed by atoms with Crippen LogP contribution in [0.15, 0.2) is 66.7 Å². The van der Waals surface area contributed by atoms with E-state index < -0.39 is 30.8 Å². The summed E-state index contributed by atoms with van der Waals surface area (Å²) in [6.45, 7) is 4.20. The maximum absolute atomic E-state index is 13.6. The average molecular weight is 434 g/mol. The summed E-state index contributed by atoms with van der Waals surface area (Å²) >= 11 is 1.54. The Hall–Kier alpha value is -2.80. The van der Waals surface area contributed by atoms with Gasteiger partial charge in [-0.2, -0.15) is 13.2 Å². The van der Waals surface area contributed by atoms with E-state index in [2.05, 4.69) is 6.58 Å². The molecule has 7 heteroatoms. The Morgan fingerprint density at radius 1 is 1.07 bits per heavy atom. The molecule has 0 amide bonds. The Morgan fingerprint density at radius 3 is 2.40 bits per heavy atom. The van der Waals surface area contributed by atoms with Gasteiger partial charge in [0.05, 0.1) is 0 Å². The van der Waals surface area contributed by atoms with Crippen LogP contribution < -0.4 is 4.74 Å². The third kappa shape index (κ3) is 4.84. The van der Waals surface area contributed by atoms with E-state index in [1.807, 2.05) is 42.5 Å². The van der Waals surface area contributed by atoms with Crippen LogP contribution in [0.5, 0.6) is 5.75 Å². The molecule has 1 atom stereocenters. The van der Waals surface area contributed by atoms with Crippen molar-refractivity contribution in [1.82, 2.24) is 0 Å². The van der Waals surface area contributed by atoms with E-state index in [4.69, 9.17) is 9.47 Å². The molecule has 0 saturated heterocycles. The lowest BCUT2D eigenvalue weighted by Gasteiger charge is -2.31. The monoisotopic (exact) mass is 434 g/mol. The molecule has 1 aromatic heterocycles. The zero-order valence-electron chi connectivity index (χ0n) is 16.6. The maximum Gasteiger partial charge on any atom is 0.400 e. The molecule has 0 aliphatic heterocycles. The molecule has 0 bridgehead atoms. The number of halogens is 3. The van der Waals surface area contributed by atoms with Crippen molar-refractivity contribution in [3.8, 4) is 16.2 Å². The van der Waals surface area contributed by atoms with E-state index in [0.717, 1.165) is 27.5 Å². The molecular weight excluding hydrogens is 413 g/mol. The van der Waals surface area contributed by atoms with Gasteiger partial charge in [-0.1, -0.05) is 36.9 Å². The Bertz CT molecular complexity index is 1060. The summed E-state index contributed by atoms with van der Waals surface area (Å²) in [5.41, 5.74) is -1.24. The minimum Gasteiger partial charge on any atom is -0.492 e. The van der Waals surface area contributed by atoms with Crippen LogP contribution in [0.3, 0.4) is 0 Å². The summed E-state index contributed by atoms with van der Waals surface area (Å²) in [6, 6.07) is 17.1. The van der Waals surface area contributed by atoms with Crippen LogP contribution >= 0.6 is 11.3 Å². The summed E-state index contributed by atoms with van der Waals surface area (Å²) in [5.74, 6) is -0.537. The Kier molecular flexibility index (Phi) is 6.22. The van der Waals surface area contributed by atoms with Crippen molar-refractivity contribution in [2.75, 3.05) is 13.2 Å². The fraction of sp³-hybridized carbons (Fsp3) is 0.261. The Labute approximate surface area is 176 Å². The van der Waals surface area contributed by atoms with Crippen LogP contribution in [0.2, 0.25) is 0 Å². The van der Waals surface area contributed by atoms with Crippen molar-refractivity contribution in [3.05, 3.63) is 66.7 Å². The number of fused-ring (bicyclic) bond motifs is 1. The molecule has 30 heavy (non-hydrogen) atoms. The summed E-state index contributed by atoms with van der Waals surface area (Å²) < 4.78 is 52.0. The van der Waals surface area contributed by atoms with Crippen LogP contribution in [-0.4, -0.2) is 25.4 Å². The first-order valence-corrected chi connectivity index (χ1v) is 10.0. The summed E-state index contributed by atoms with van der Waals surface area (Å²) in [6.07, 6.45) is -4.62. The Balaban J connectivity index is 1.76. The van der Waals surface area contributed by atoms with Gasteiger partial charge < -0.3 is 9.47 Å². The smallest absolute Gasteiger partial charge is 0.400 e. The first-order chi connectivity index (χ1) is 14.1.